The first-order valence-electron chi connectivity index (χ1n) is 6.55. The van der Waals surface area contributed by atoms with Crippen LogP contribution in [-0.4, -0.2) is 17.4 Å². The van der Waals surface area contributed by atoms with Crippen molar-refractivity contribution in [1.29, 1.82) is 0 Å². The Morgan fingerprint density at radius 1 is 1.40 bits per heavy atom. The van der Waals surface area contributed by atoms with Gasteiger partial charge in [-0.2, -0.15) is 11.3 Å². The second-order valence-corrected chi connectivity index (χ2v) is 6.10. The van der Waals surface area contributed by atoms with Crippen LogP contribution >= 0.6 is 22.9 Å². The van der Waals surface area contributed by atoms with E-state index in [1.807, 2.05) is 10.3 Å². The average Bonchev–Trinajstić information content (AvgIpc) is 3.09. The topological polar surface area (TPSA) is 46.3 Å². The summed E-state index contributed by atoms with van der Waals surface area (Å²) in [6.07, 6.45) is 2.00. The molecule has 2 aromatic rings. The molecule has 1 aliphatic heterocycles. The minimum Gasteiger partial charge on any atom is -0.398 e. The van der Waals surface area contributed by atoms with Gasteiger partial charge >= 0.3 is 0 Å². The molecule has 1 aromatic carbocycles. The lowest BCUT2D eigenvalue weighted by atomic mass is 10.1. The Labute approximate surface area is 127 Å². The number of anilines is 1. The molecule has 1 aromatic heterocycles. The number of halogens is 1. The molecule has 0 spiro atoms. The zero-order valence-electron chi connectivity index (χ0n) is 10.9. The van der Waals surface area contributed by atoms with Crippen LogP contribution in [0, 0.1) is 0 Å². The third-order valence-corrected chi connectivity index (χ3v) is 4.72. The normalized spacial score (nSPS) is 18.4. The first kappa shape index (κ1) is 13.5. The Morgan fingerprint density at radius 3 is 2.95 bits per heavy atom. The first-order valence-corrected chi connectivity index (χ1v) is 7.87. The summed E-state index contributed by atoms with van der Waals surface area (Å²) in [6, 6.07) is 7.41. The van der Waals surface area contributed by atoms with Gasteiger partial charge in [-0.1, -0.05) is 17.7 Å². The van der Waals surface area contributed by atoms with Gasteiger partial charge in [0.2, 0.25) is 0 Å². The smallest absolute Gasteiger partial charge is 0.257 e. The summed E-state index contributed by atoms with van der Waals surface area (Å²) in [6.45, 7) is 0.754. The summed E-state index contributed by atoms with van der Waals surface area (Å²) in [4.78, 5) is 14.6. The number of carbonyl (C=O) groups excluding carboxylic acids is 1. The second kappa shape index (κ2) is 5.46. The van der Waals surface area contributed by atoms with Crippen molar-refractivity contribution in [2.45, 2.75) is 18.9 Å². The van der Waals surface area contributed by atoms with E-state index in [4.69, 9.17) is 17.3 Å². The Hall–Kier alpha value is -1.52. The van der Waals surface area contributed by atoms with Gasteiger partial charge in [-0.3, -0.25) is 4.79 Å². The van der Waals surface area contributed by atoms with Crippen LogP contribution in [0.15, 0.2) is 35.0 Å². The number of rotatable bonds is 2. The third kappa shape index (κ3) is 2.30. The number of hydrogen-bond acceptors (Lipinski definition) is 3. The molecule has 1 fully saturated rings. The van der Waals surface area contributed by atoms with Crippen LogP contribution in [0.5, 0.6) is 0 Å². The summed E-state index contributed by atoms with van der Waals surface area (Å²) in [7, 11) is 0. The summed E-state index contributed by atoms with van der Waals surface area (Å²) >= 11 is 7.80. The molecule has 0 bridgehead atoms. The first-order chi connectivity index (χ1) is 9.68. The van der Waals surface area contributed by atoms with E-state index < -0.39 is 0 Å². The Morgan fingerprint density at radius 2 is 2.25 bits per heavy atom. The molecule has 1 unspecified atom stereocenters. The fourth-order valence-electron chi connectivity index (χ4n) is 2.73. The lowest BCUT2D eigenvalue weighted by molar-refractivity contribution is 0.0737. The second-order valence-electron chi connectivity index (χ2n) is 4.92. The van der Waals surface area contributed by atoms with Gasteiger partial charge in [0.05, 0.1) is 16.6 Å². The minimum atomic E-state index is -0.0678. The largest absolute Gasteiger partial charge is 0.398 e. The molecule has 0 aliphatic carbocycles. The highest BCUT2D eigenvalue weighted by molar-refractivity contribution is 7.08. The molecule has 0 saturated carbocycles. The molecule has 1 amide bonds. The van der Waals surface area contributed by atoms with Gasteiger partial charge < -0.3 is 10.6 Å². The number of thiophene rings is 1. The van der Waals surface area contributed by atoms with Crippen molar-refractivity contribution >= 4 is 34.5 Å². The minimum absolute atomic E-state index is 0.0678. The van der Waals surface area contributed by atoms with E-state index in [2.05, 4.69) is 11.4 Å². The van der Waals surface area contributed by atoms with Gasteiger partial charge in [0.15, 0.2) is 0 Å². The number of carbonyl (C=O) groups is 1. The number of benzene rings is 1. The van der Waals surface area contributed by atoms with Crippen molar-refractivity contribution in [3.63, 3.8) is 0 Å². The summed E-state index contributed by atoms with van der Waals surface area (Å²) in [5.41, 5.74) is 7.99. The number of nitrogens with zero attached hydrogens (tertiary/aromatic N) is 1. The van der Waals surface area contributed by atoms with Crippen molar-refractivity contribution in [3.05, 3.63) is 51.2 Å². The van der Waals surface area contributed by atoms with E-state index in [9.17, 15) is 4.79 Å². The molecule has 3 rings (SSSR count). The van der Waals surface area contributed by atoms with Gasteiger partial charge in [-0.25, -0.2) is 0 Å². The standard InChI is InChI=1S/C15H15ClN2OS/c16-11-3-1-4-12(17)14(11)15(19)18-7-2-5-13(18)10-6-8-20-9-10/h1,3-4,6,8-9,13H,2,5,7,17H2. The van der Waals surface area contributed by atoms with E-state index >= 15 is 0 Å². The monoisotopic (exact) mass is 306 g/mol. The molecular weight excluding hydrogens is 292 g/mol. The highest BCUT2D eigenvalue weighted by atomic mass is 35.5. The Bertz CT molecular complexity index is 607. The van der Waals surface area contributed by atoms with Crippen LogP contribution in [0.25, 0.3) is 0 Å². The number of nitrogen functional groups attached to an aromatic ring is 1. The van der Waals surface area contributed by atoms with E-state index in [1.54, 1.807) is 29.5 Å². The van der Waals surface area contributed by atoms with Gasteiger partial charge in [0.1, 0.15) is 0 Å². The maximum atomic E-state index is 12.8. The van der Waals surface area contributed by atoms with Gasteiger partial charge in [0, 0.05) is 12.2 Å². The molecule has 3 nitrogen and oxygen atoms in total. The Kier molecular flexibility index (Phi) is 3.68. The van der Waals surface area contributed by atoms with Crippen LogP contribution in [0.1, 0.15) is 34.8 Å². The van der Waals surface area contributed by atoms with Crippen LogP contribution in [-0.2, 0) is 0 Å². The highest BCUT2D eigenvalue weighted by Gasteiger charge is 2.32. The molecule has 104 valence electrons. The van der Waals surface area contributed by atoms with E-state index in [0.29, 0.717) is 16.3 Å². The zero-order chi connectivity index (χ0) is 14.1. The van der Waals surface area contributed by atoms with E-state index in [0.717, 1.165) is 19.4 Å². The van der Waals surface area contributed by atoms with Crippen LogP contribution in [0.2, 0.25) is 5.02 Å². The van der Waals surface area contributed by atoms with Crippen molar-refractivity contribution < 1.29 is 4.79 Å². The maximum Gasteiger partial charge on any atom is 0.257 e. The van der Waals surface area contributed by atoms with Gasteiger partial charge in [0.25, 0.3) is 5.91 Å². The molecule has 1 atom stereocenters. The average molecular weight is 307 g/mol. The molecule has 0 radical (unpaired) electrons. The predicted octanol–water partition coefficient (Wildman–Crippen LogP) is 3.96. The number of nitrogens with two attached hydrogens (primary N) is 1. The molecule has 2 N–H and O–H groups in total. The predicted molar refractivity (Wildman–Crippen MR) is 83.2 cm³/mol. The quantitative estimate of drug-likeness (QED) is 0.854. The number of amides is 1. The molecule has 20 heavy (non-hydrogen) atoms. The molecule has 5 heteroatoms. The van der Waals surface area contributed by atoms with Crippen molar-refractivity contribution in [2.24, 2.45) is 0 Å². The molecule has 2 heterocycles. The molecule has 1 aliphatic rings. The highest BCUT2D eigenvalue weighted by Crippen LogP contribution is 2.36. The third-order valence-electron chi connectivity index (χ3n) is 3.70. The lowest BCUT2D eigenvalue weighted by Crippen LogP contribution is -2.31. The van der Waals surface area contributed by atoms with Crippen LogP contribution < -0.4 is 5.73 Å². The summed E-state index contributed by atoms with van der Waals surface area (Å²) < 4.78 is 0. The van der Waals surface area contributed by atoms with E-state index in [-0.39, 0.29) is 11.9 Å². The lowest BCUT2D eigenvalue weighted by Gasteiger charge is -2.25. The van der Waals surface area contributed by atoms with Crippen molar-refractivity contribution in [3.8, 4) is 0 Å². The van der Waals surface area contributed by atoms with Crippen molar-refractivity contribution in [1.82, 2.24) is 4.90 Å². The Balaban J connectivity index is 1.94. The van der Waals surface area contributed by atoms with Gasteiger partial charge in [-0.15, -0.1) is 0 Å². The SMILES string of the molecule is Nc1cccc(Cl)c1C(=O)N1CCCC1c1ccsc1. The molecule has 1 saturated heterocycles. The van der Waals surface area contributed by atoms with E-state index in [1.165, 1.54) is 5.56 Å². The maximum absolute atomic E-state index is 12.8. The van der Waals surface area contributed by atoms with Crippen LogP contribution in [0.3, 0.4) is 0 Å². The van der Waals surface area contributed by atoms with Crippen molar-refractivity contribution in [2.75, 3.05) is 12.3 Å². The van der Waals surface area contributed by atoms with Crippen LogP contribution in [0.4, 0.5) is 5.69 Å². The number of hydrogen-bond donors (Lipinski definition) is 1. The fraction of sp³-hybridized carbons (Fsp3) is 0.267. The molecular formula is C15H15ClN2OS. The fourth-order valence-corrected chi connectivity index (χ4v) is 3.70. The summed E-state index contributed by atoms with van der Waals surface area (Å²) in [5.74, 6) is -0.0678. The summed E-state index contributed by atoms with van der Waals surface area (Å²) in [5, 5.41) is 4.57. The van der Waals surface area contributed by atoms with Gasteiger partial charge in [-0.05, 0) is 47.4 Å². The number of likely N-dealkylation sites (tertiary alicyclic amines) is 1. The zero-order valence-corrected chi connectivity index (χ0v) is 12.5.